The van der Waals surface area contributed by atoms with Crippen molar-refractivity contribution in [3.05, 3.63) is 79.7 Å². The molecule has 10 heteroatoms. The summed E-state index contributed by atoms with van der Waals surface area (Å²) in [5.74, 6) is 0.673. The summed E-state index contributed by atoms with van der Waals surface area (Å²) < 4.78 is 31.1. The number of halogens is 2. The van der Waals surface area contributed by atoms with Crippen LogP contribution in [0.5, 0.6) is 17.2 Å². The molecule has 0 fully saturated rings. The van der Waals surface area contributed by atoms with Crippen LogP contribution in [0.2, 0.25) is 0 Å². The largest absolute Gasteiger partial charge is 0.508 e. The summed E-state index contributed by atoms with van der Waals surface area (Å²) in [6, 6.07) is 12.3. The number of hydrogen-bond donors (Lipinski definition) is 3. The zero-order valence-electron chi connectivity index (χ0n) is 17.8. The smallest absolute Gasteiger partial charge is 0.238 e. The monoisotopic (exact) mass is 596 g/mol. The maximum absolute atomic E-state index is 13.2. The van der Waals surface area contributed by atoms with E-state index < -0.39 is 15.8 Å². The van der Waals surface area contributed by atoms with Gasteiger partial charge in [-0.2, -0.15) is 0 Å². The lowest BCUT2D eigenvalue weighted by atomic mass is 10.0. The molecule has 0 saturated heterocycles. The van der Waals surface area contributed by atoms with Crippen LogP contribution in [0.1, 0.15) is 46.8 Å². The zero-order chi connectivity index (χ0) is 24.5. The maximum atomic E-state index is 13.2. The second-order valence-electron chi connectivity index (χ2n) is 7.66. The van der Waals surface area contributed by atoms with E-state index in [0.29, 0.717) is 26.0 Å². The van der Waals surface area contributed by atoms with Crippen LogP contribution in [-0.4, -0.2) is 19.3 Å². The average molecular weight is 598 g/mol. The summed E-state index contributed by atoms with van der Waals surface area (Å²) >= 11 is 6.85. The third-order valence-electron chi connectivity index (χ3n) is 4.93. The first-order chi connectivity index (χ1) is 15.4. The molecule has 0 amide bonds. The Morgan fingerprint density at radius 3 is 2.24 bits per heavy atom. The summed E-state index contributed by atoms with van der Waals surface area (Å²) in [5, 5.41) is 15.4. The van der Waals surface area contributed by atoms with E-state index in [1.165, 1.54) is 24.3 Å². The van der Waals surface area contributed by atoms with Gasteiger partial charge >= 0.3 is 0 Å². The molecule has 174 valence electrons. The standard InChI is InChI=1S/C23H22Br2N2O5S/c1-12(2)17-10-15(4-6-20(17)28)32-23-18(24)8-14(9-19(23)25)22(29)16-5-3-13(11-26)7-21(16)33(27,30)31/h3-10,12,28H,11,26H2,1-2H3,(H2,27,30,31). The molecule has 33 heavy (non-hydrogen) atoms. The number of carbonyl (C=O) groups is 1. The molecule has 0 spiro atoms. The number of ketones is 1. The van der Waals surface area contributed by atoms with E-state index in [1.54, 1.807) is 24.3 Å². The van der Waals surface area contributed by atoms with Crippen molar-refractivity contribution < 1.29 is 23.1 Å². The van der Waals surface area contributed by atoms with Gasteiger partial charge in [0.15, 0.2) is 11.5 Å². The summed E-state index contributed by atoms with van der Waals surface area (Å²) in [5.41, 5.74) is 7.04. The summed E-state index contributed by atoms with van der Waals surface area (Å²) in [6.07, 6.45) is 0. The van der Waals surface area contributed by atoms with Crippen LogP contribution in [0.25, 0.3) is 0 Å². The fourth-order valence-corrected chi connectivity index (χ4v) is 5.37. The van der Waals surface area contributed by atoms with Crippen molar-refractivity contribution in [2.75, 3.05) is 0 Å². The van der Waals surface area contributed by atoms with Gasteiger partial charge in [-0.15, -0.1) is 0 Å². The topological polar surface area (TPSA) is 133 Å². The summed E-state index contributed by atoms with van der Waals surface area (Å²) in [6.45, 7) is 4.03. The number of phenols is 1. The van der Waals surface area contributed by atoms with Gasteiger partial charge in [0, 0.05) is 23.2 Å². The summed E-state index contributed by atoms with van der Waals surface area (Å²) in [4.78, 5) is 12.9. The minimum absolute atomic E-state index is 0.0534. The first-order valence-corrected chi connectivity index (χ1v) is 13.0. The van der Waals surface area contributed by atoms with Gasteiger partial charge in [0.05, 0.1) is 13.8 Å². The first-order valence-electron chi connectivity index (χ1n) is 9.82. The molecule has 3 aromatic rings. The molecule has 3 rings (SSSR count). The van der Waals surface area contributed by atoms with Crippen molar-refractivity contribution in [3.8, 4) is 17.2 Å². The number of hydrogen-bond acceptors (Lipinski definition) is 6. The second kappa shape index (κ2) is 9.94. The SMILES string of the molecule is CC(C)c1cc(Oc2c(Br)cc(C(=O)c3ccc(CN)cc3S(N)(=O)=O)cc2Br)ccc1O. The van der Waals surface area contributed by atoms with Gasteiger partial charge in [0.25, 0.3) is 0 Å². The van der Waals surface area contributed by atoms with E-state index in [9.17, 15) is 18.3 Å². The van der Waals surface area contributed by atoms with Gasteiger partial charge in [-0.25, -0.2) is 13.6 Å². The Morgan fingerprint density at radius 1 is 1.06 bits per heavy atom. The van der Waals surface area contributed by atoms with Gasteiger partial charge in [-0.1, -0.05) is 19.9 Å². The van der Waals surface area contributed by atoms with Gasteiger partial charge < -0.3 is 15.6 Å². The van der Waals surface area contributed by atoms with E-state index in [0.717, 1.165) is 5.56 Å². The fourth-order valence-electron chi connectivity index (χ4n) is 3.24. The highest BCUT2D eigenvalue weighted by Gasteiger charge is 2.23. The normalized spacial score (nSPS) is 11.6. The van der Waals surface area contributed by atoms with E-state index in [4.69, 9.17) is 15.6 Å². The molecule has 0 unspecified atom stereocenters. The molecule has 0 bridgehead atoms. The van der Waals surface area contributed by atoms with Crippen molar-refractivity contribution in [1.82, 2.24) is 0 Å². The third-order valence-corrected chi connectivity index (χ3v) is 7.06. The predicted octanol–water partition coefficient (Wildman–Crippen LogP) is 5.17. The van der Waals surface area contributed by atoms with Crippen molar-refractivity contribution in [2.24, 2.45) is 10.9 Å². The predicted molar refractivity (Wildman–Crippen MR) is 133 cm³/mol. The number of sulfonamides is 1. The van der Waals surface area contributed by atoms with Crippen LogP contribution >= 0.6 is 31.9 Å². The lowest BCUT2D eigenvalue weighted by molar-refractivity contribution is 0.103. The number of carbonyl (C=O) groups excluding carboxylic acids is 1. The molecule has 0 aliphatic heterocycles. The van der Waals surface area contributed by atoms with Crippen LogP contribution in [0.4, 0.5) is 0 Å². The number of ether oxygens (including phenoxy) is 1. The maximum Gasteiger partial charge on any atom is 0.238 e. The van der Waals surface area contributed by atoms with E-state index in [2.05, 4.69) is 31.9 Å². The molecule has 0 heterocycles. The van der Waals surface area contributed by atoms with E-state index >= 15 is 0 Å². The second-order valence-corrected chi connectivity index (χ2v) is 10.9. The van der Waals surface area contributed by atoms with Gasteiger partial charge in [-0.3, -0.25) is 4.79 Å². The first kappa shape index (κ1) is 25.4. The van der Waals surface area contributed by atoms with Crippen LogP contribution in [0, 0.1) is 0 Å². The molecule has 0 radical (unpaired) electrons. The van der Waals surface area contributed by atoms with Crippen LogP contribution in [0.15, 0.2) is 62.4 Å². The molecule has 0 saturated carbocycles. The molecule has 3 aromatic carbocycles. The highest BCUT2D eigenvalue weighted by atomic mass is 79.9. The Kier molecular flexibility index (Phi) is 7.65. The van der Waals surface area contributed by atoms with Gasteiger partial charge in [0.1, 0.15) is 11.5 Å². The number of rotatable bonds is 7. The average Bonchev–Trinajstić information content (AvgIpc) is 2.75. The van der Waals surface area contributed by atoms with Crippen molar-refractivity contribution in [3.63, 3.8) is 0 Å². The lowest BCUT2D eigenvalue weighted by Crippen LogP contribution is -2.18. The molecule has 0 aromatic heterocycles. The molecule has 0 atom stereocenters. The molecule has 0 aliphatic carbocycles. The Hall–Kier alpha value is -2.24. The number of benzene rings is 3. The number of aromatic hydroxyl groups is 1. The highest BCUT2D eigenvalue weighted by Crippen LogP contribution is 2.40. The van der Waals surface area contributed by atoms with Crippen LogP contribution in [-0.2, 0) is 16.6 Å². The van der Waals surface area contributed by atoms with Gasteiger partial charge in [-0.05, 0) is 85.8 Å². The minimum atomic E-state index is -4.15. The summed E-state index contributed by atoms with van der Waals surface area (Å²) in [7, 11) is -4.15. The fraction of sp³-hybridized carbons (Fsp3) is 0.174. The minimum Gasteiger partial charge on any atom is -0.508 e. The van der Waals surface area contributed by atoms with Crippen molar-refractivity contribution in [2.45, 2.75) is 31.2 Å². The zero-order valence-corrected chi connectivity index (χ0v) is 21.8. The van der Waals surface area contributed by atoms with Crippen LogP contribution in [0.3, 0.4) is 0 Å². The lowest BCUT2D eigenvalue weighted by Gasteiger charge is -2.15. The Morgan fingerprint density at radius 2 is 1.70 bits per heavy atom. The molecular weight excluding hydrogens is 576 g/mol. The molecule has 7 nitrogen and oxygen atoms in total. The van der Waals surface area contributed by atoms with Crippen LogP contribution < -0.4 is 15.6 Å². The van der Waals surface area contributed by atoms with Crippen molar-refractivity contribution >= 4 is 47.7 Å². The Bertz CT molecular complexity index is 1320. The van der Waals surface area contributed by atoms with E-state index in [1.807, 2.05) is 13.8 Å². The van der Waals surface area contributed by atoms with E-state index in [-0.39, 0.29) is 34.2 Å². The highest BCUT2D eigenvalue weighted by molar-refractivity contribution is 9.11. The quantitative estimate of drug-likeness (QED) is 0.322. The molecule has 5 N–H and O–H groups in total. The molecule has 0 aliphatic rings. The third kappa shape index (κ3) is 5.64. The number of primary sulfonamides is 1. The Balaban J connectivity index is 2.01. The van der Waals surface area contributed by atoms with Crippen molar-refractivity contribution in [1.29, 1.82) is 0 Å². The number of nitrogens with two attached hydrogens (primary N) is 2. The number of phenolic OH excluding ortho intramolecular Hbond substituents is 1. The Labute approximate surface area is 209 Å². The molecular formula is C23H22Br2N2O5S. The van der Waals surface area contributed by atoms with Gasteiger partial charge in [0.2, 0.25) is 10.0 Å².